The van der Waals surface area contributed by atoms with Crippen molar-refractivity contribution in [1.82, 2.24) is 0 Å². The fourth-order valence-electron chi connectivity index (χ4n) is 1.14. The van der Waals surface area contributed by atoms with E-state index in [1.54, 1.807) is 6.92 Å². The molecule has 5 nitrogen and oxygen atoms in total. The third-order valence-electron chi connectivity index (χ3n) is 1.86. The van der Waals surface area contributed by atoms with E-state index in [1.807, 2.05) is 0 Å². The summed E-state index contributed by atoms with van der Waals surface area (Å²) >= 11 is 0. The van der Waals surface area contributed by atoms with Crippen molar-refractivity contribution in [3.8, 4) is 0 Å². The summed E-state index contributed by atoms with van der Waals surface area (Å²) in [6, 6.07) is 3.97. The van der Waals surface area contributed by atoms with Gasteiger partial charge < -0.3 is 0 Å². The van der Waals surface area contributed by atoms with Crippen LogP contribution in [0, 0.1) is 17.0 Å². The van der Waals surface area contributed by atoms with Crippen LogP contribution >= 0.6 is 10.7 Å². The predicted molar refractivity (Wildman–Crippen MR) is 56.3 cm³/mol. The molecule has 0 saturated carbocycles. The Kier molecular flexibility index (Phi) is 3.31. The van der Waals surface area contributed by atoms with E-state index in [-0.39, 0.29) is 11.4 Å². The number of nitro groups is 1. The molecule has 0 bridgehead atoms. The molecule has 0 radical (unpaired) electrons. The summed E-state index contributed by atoms with van der Waals surface area (Å²) in [5, 5.41) is 10.4. The van der Waals surface area contributed by atoms with Gasteiger partial charge in [-0.25, -0.2) is 8.42 Å². The van der Waals surface area contributed by atoms with E-state index in [2.05, 4.69) is 0 Å². The minimum absolute atomic E-state index is 0.0665. The number of non-ortho nitro benzene ring substituents is 1. The number of aryl methyl sites for hydroxylation is 1. The van der Waals surface area contributed by atoms with Crippen molar-refractivity contribution in [2.75, 3.05) is 0 Å². The number of hydrogen-bond acceptors (Lipinski definition) is 4. The summed E-state index contributed by atoms with van der Waals surface area (Å²) in [5.74, 6) is -0.321. The maximum absolute atomic E-state index is 10.8. The van der Waals surface area contributed by atoms with Crippen LogP contribution in [0.5, 0.6) is 0 Å². The molecule has 0 N–H and O–H groups in total. The summed E-state index contributed by atoms with van der Waals surface area (Å²) in [5.41, 5.74) is 0.937. The second-order valence-electron chi connectivity index (χ2n) is 3.05. The Morgan fingerprint density at radius 3 is 2.47 bits per heavy atom. The SMILES string of the molecule is Cc1cc([N+](=O)[O-])ccc1CS(=O)(=O)Cl. The summed E-state index contributed by atoms with van der Waals surface area (Å²) in [4.78, 5) is 9.88. The van der Waals surface area contributed by atoms with Gasteiger partial charge in [-0.05, 0) is 18.1 Å². The van der Waals surface area contributed by atoms with Gasteiger partial charge in [-0.15, -0.1) is 0 Å². The van der Waals surface area contributed by atoms with Gasteiger partial charge in [-0.1, -0.05) is 6.07 Å². The molecule has 0 aliphatic rings. The molecular weight excluding hydrogens is 242 g/mol. The fraction of sp³-hybridized carbons (Fsp3) is 0.250. The Hall–Kier alpha value is -1.14. The van der Waals surface area contributed by atoms with Gasteiger partial charge in [0.2, 0.25) is 9.05 Å². The number of hydrogen-bond donors (Lipinski definition) is 0. The first kappa shape index (κ1) is 11.9. The third kappa shape index (κ3) is 3.49. The van der Waals surface area contributed by atoms with Crippen molar-refractivity contribution in [3.63, 3.8) is 0 Å². The highest BCUT2D eigenvalue weighted by Gasteiger charge is 2.12. The van der Waals surface area contributed by atoms with Crippen LogP contribution in [0.25, 0.3) is 0 Å². The third-order valence-corrected chi connectivity index (χ3v) is 2.85. The van der Waals surface area contributed by atoms with Gasteiger partial charge in [0.25, 0.3) is 5.69 Å². The van der Waals surface area contributed by atoms with Gasteiger partial charge in [0.15, 0.2) is 0 Å². The number of halogens is 1. The van der Waals surface area contributed by atoms with Crippen LogP contribution in [-0.2, 0) is 14.8 Å². The van der Waals surface area contributed by atoms with Crippen LogP contribution in [0.3, 0.4) is 0 Å². The maximum Gasteiger partial charge on any atom is 0.269 e. The number of nitrogens with zero attached hydrogens (tertiary/aromatic N) is 1. The number of rotatable bonds is 3. The van der Waals surface area contributed by atoms with Crippen LogP contribution in [0.1, 0.15) is 11.1 Å². The lowest BCUT2D eigenvalue weighted by atomic mass is 10.1. The van der Waals surface area contributed by atoms with Crippen LogP contribution < -0.4 is 0 Å². The van der Waals surface area contributed by atoms with Crippen LogP contribution in [0.15, 0.2) is 18.2 Å². The molecule has 0 fully saturated rings. The summed E-state index contributed by atoms with van der Waals surface area (Å²) in [6.45, 7) is 1.60. The predicted octanol–water partition coefficient (Wildman–Crippen LogP) is 1.97. The van der Waals surface area contributed by atoms with Crippen molar-refractivity contribution < 1.29 is 13.3 Å². The highest BCUT2D eigenvalue weighted by atomic mass is 35.7. The first-order chi connectivity index (χ1) is 6.79. The molecule has 0 saturated heterocycles. The maximum atomic E-state index is 10.8. The summed E-state index contributed by atoms with van der Waals surface area (Å²) in [6.07, 6.45) is 0. The zero-order chi connectivity index (χ0) is 11.6. The Balaban J connectivity index is 3.09. The van der Waals surface area contributed by atoms with Crippen molar-refractivity contribution in [2.45, 2.75) is 12.7 Å². The zero-order valence-corrected chi connectivity index (χ0v) is 9.38. The topological polar surface area (TPSA) is 77.3 Å². The molecule has 0 aliphatic carbocycles. The average molecular weight is 250 g/mol. The van der Waals surface area contributed by atoms with E-state index in [4.69, 9.17) is 10.7 Å². The average Bonchev–Trinajstić information content (AvgIpc) is 2.05. The lowest BCUT2D eigenvalue weighted by Crippen LogP contribution is -1.98. The Bertz CT molecular complexity index is 497. The van der Waals surface area contributed by atoms with E-state index < -0.39 is 14.0 Å². The molecule has 1 aromatic rings. The molecule has 0 amide bonds. The molecule has 0 atom stereocenters. The Labute approximate surface area is 91.2 Å². The number of nitro benzene ring substituents is 1. The lowest BCUT2D eigenvalue weighted by Gasteiger charge is -2.02. The quantitative estimate of drug-likeness (QED) is 0.466. The van der Waals surface area contributed by atoms with E-state index in [0.717, 1.165) is 0 Å². The Morgan fingerprint density at radius 2 is 2.07 bits per heavy atom. The first-order valence-corrected chi connectivity index (χ1v) is 6.44. The normalized spacial score (nSPS) is 11.3. The highest BCUT2D eigenvalue weighted by Crippen LogP contribution is 2.19. The van der Waals surface area contributed by atoms with E-state index in [0.29, 0.717) is 11.1 Å². The van der Waals surface area contributed by atoms with Crippen molar-refractivity contribution in [2.24, 2.45) is 0 Å². The molecule has 15 heavy (non-hydrogen) atoms. The molecule has 1 aromatic carbocycles. The van der Waals surface area contributed by atoms with Crippen LogP contribution in [0.2, 0.25) is 0 Å². The van der Waals surface area contributed by atoms with Crippen LogP contribution in [-0.4, -0.2) is 13.3 Å². The standard InChI is InChI=1S/C8H8ClNO4S/c1-6-4-8(10(11)12)3-2-7(6)5-15(9,13)14/h2-4H,5H2,1H3. The first-order valence-electron chi connectivity index (χ1n) is 3.96. The van der Waals surface area contributed by atoms with Gasteiger partial charge in [-0.3, -0.25) is 10.1 Å². The molecule has 7 heteroatoms. The molecule has 0 spiro atoms. The van der Waals surface area contributed by atoms with E-state index >= 15 is 0 Å². The van der Waals surface area contributed by atoms with Gasteiger partial charge in [0, 0.05) is 22.8 Å². The van der Waals surface area contributed by atoms with Gasteiger partial charge >= 0.3 is 0 Å². The zero-order valence-electron chi connectivity index (χ0n) is 7.81. The smallest absolute Gasteiger partial charge is 0.258 e. The van der Waals surface area contributed by atoms with Crippen molar-refractivity contribution >= 4 is 25.4 Å². The minimum Gasteiger partial charge on any atom is -0.258 e. The van der Waals surface area contributed by atoms with Gasteiger partial charge in [-0.2, -0.15) is 0 Å². The van der Waals surface area contributed by atoms with Gasteiger partial charge in [0.1, 0.15) is 0 Å². The summed E-state index contributed by atoms with van der Waals surface area (Å²) < 4.78 is 21.6. The lowest BCUT2D eigenvalue weighted by molar-refractivity contribution is -0.384. The molecule has 0 unspecified atom stereocenters. The van der Waals surface area contributed by atoms with Crippen molar-refractivity contribution in [3.05, 3.63) is 39.4 Å². The molecule has 0 aliphatic heterocycles. The monoisotopic (exact) mass is 249 g/mol. The van der Waals surface area contributed by atoms with E-state index in [9.17, 15) is 18.5 Å². The molecule has 0 aromatic heterocycles. The minimum atomic E-state index is -3.63. The molecule has 1 rings (SSSR count). The van der Waals surface area contributed by atoms with E-state index in [1.165, 1.54) is 18.2 Å². The second-order valence-corrected chi connectivity index (χ2v) is 5.83. The number of benzene rings is 1. The second kappa shape index (κ2) is 4.16. The van der Waals surface area contributed by atoms with Crippen molar-refractivity contribution in [1.29, 1.82) is 0 Å². The Morgan fingerprint density at radius 1 is 1.47 bits per heavy atom. The molecule has 82 valence electrons. The largest absolute Gasteiger partial charge is 0.269 e. The van der Waals surface area contributed by atoms with Gasteiger partial charge in [0.05, 0.1) is 10.7 Å². The summed E-state index contributed by atoms with van der Waals surface area (Å²) in [7, 11) is 1.45. The molecule has 0 heterocycles. The van der Waals surface area contributed by atoms with Crippen LogP contribution in [0.4, 0.5) is 5.69 Å². The molecular formula is C8H8ClNO4S. The highest BCUT2D eigenvalue weighted by molar-refractivity contribution is 8.13. The fourth-order valence-corrected chi connectivity index (χ4v) is 2.19.